The minimum absolute atomic E-state index is 0.259. The lowest BCUT2D eigenvalue weighted by Gasteiger charge is -2.21. The fourth-order valence-corrected chi connectivity index (χ4v) is 2.19. The zero-order valence-corrected chi connectivity index (χ0v) is 11.4. The monoisotopic (exact) mass is 302 g/mol. The highest BCUT2D eigenvalue weighted by Crippen LogP contribution is 2.09. The van der Waals surface area contributed by atoms with Gasteiger partial charge < -0.3 is 4.90 Å². The van der Waals surface area contributed by atoms with Gasteiger partial charge in [0.15, 0.2) is 0 Å². The van der Waals surface area contributed by atoms with Gasteiger partial charge >= 0.3 is 6.03 Å². The first-order valence-electron chi connectivity index (χ1n) is 6.72. The van der Waals surface area contributed by atoms with E-state index in [0.717, 1.165) is 6.20 Å². The van der Waals surface area contributed by atoms with E-state index in [1.165, 1.54) is 12.1 Å². The van der Waals surface area contributed by atoms with E-state index in [1.807, 2.05) is 0 Å². The Morgan fingerprint density at radius 3 is 2.76 bits per heavy atom. The first kappa shape index (κ1) is 15.6. The molecule has 0 unspecified atom stereocenters. The quantitative estimate of drug-likeness (QED) is 0.929. The Labute approximate surface area is 120 Å². The molecule has 0 saturated carbocycles. The van der Waals surface area contributed by atoms with Crippen molar-refractivity contribution in [1.82, 2.24) is 14.8 Å². The third kappa shape index (κ3) is 4.89. The molecule has 1 N–H and O–H groups in total. The summed E-state index contributed by atoms with van der Waals surface area (Å²) in [6.45, 7) is 1.55. The molecule has 21 heavy (non-hydrogen) atoms. The van der Waals surface area contributed by atoms with Gasteiger partial charge in [0.05, 0.1) is 12.7 Å². The minimum atomic E-state index is -2.37. The van der Waals surface area contributed by atoms with Crippen molar-refractivity contribution in [1.29, 1.82) is 0 Å². The van der Waals surface area contributed by atoms with E-state index in [4.69, 9.17) is 0 Å². The topological polar surface area (TPSA) is 48.5 Å². The summed E-state index contributed by atoms with van der Waals surface area (Å²) < 4.78 is 37.4. The molecule has 116 valence electrons. The number of hydrogen-bond donors (Lipinski definition) is 1. The number of nitrogens with zero attached hydrogens (tertiary/aromatic N) is 3. The Kier molecular flexibility index (Phi) is 5.38. The maximum absolute atomic E-state index is 12.7. The molecule has 5 nitrogen and oxygen atoms in total. The molecule has 0 radical (unpaired) electrons. The van der Waals surface area contributed by atoms with E-state index in [2.05, 4.69) is 10.3 Å². The Bertz CT molecular complexity index is 469. The van der Waals surface area contributed by atoms with Gasteiger partial charge in [-0.15, -0.1) is 0 Å². The van der Waals surface area contributed by atoms with Gasteiger partial charge in [-0.25, -0.2) is 22.9 Å². The number of anilines is 1. The lowest BCUT2D eigenvalue weighted by Crippen LogP contribution is -2.38. The van der Waals surface area contributed by atoms with Crippen LogP contribution in [0.15, 0.2) is 18.3 Å². The van der Waals surface area contributed by atoms with Gasteiger partial charge in [-0.05, 0) is 18.6 Å². The van der Waals surface area contributed by atoms with Crippen molar-refractivity contribution in [2.24, 2.45) is 0 Å². The molecule has 0 bridgehead atoms. The lowest BCUT2D eigenvalue weighted by atomic mass is 10.4. The molecule has 0 aliphatic carbocycles. The van der Waals surface area contributed by atoms with Crippen LogP contribution in [-0.4, -0.2) is 60.0 Å². The predicted molar refractivity (Wildman–Crippen MR) is 71.8 cm³/mol. The zero-order chi connectivity index (χ0) is 15.2. The van der Waals surface area contributed by atoms with Gasteiger partial charge in [0.2, 0.25) is 0 Å². The molecule has 0 atom stereocenters. The van der Waals surface area contributed by atoms with Crippen LogP contribution in [0, 0.1) is 5.82 Å². The summed E-state index contributed by atoms with van der Waals surface area (Å²) in [7, 11) is 0. The Hall–Kier alpha value is -1.83. The molecule has 2 heterocycles. The van der Waals surface area contributed by atoms with Crippen LogP contribution in [0.3, 0.4) is 0 Å². The molecule has 2 amide bonds. The number of urea groups is 1. The molecule has 1 aliphatic heterocycles. The largest absolute Gasteiger partial charge is 0.323 e. The van der Waals surface area contributed by atoms with Crippen LogP contribution in [-0.2, 0) is 0 Å². The molecule has 1 fully saturated rings. The van der Waals surface area contributed by atoms with Crippen molar-refractivity contribution in [2.75, 3.05) is 38.0 Å². The van der Waals surface area contributed by atoms with Crippen molar-refractivity contribution in [3.63, 3.8) is 0 Å². The maximum atomic E-state index is 12.7. The van der Waals surface area contributed by atoms with E-state index < -0.39 is 12.2 Å². The summed E-state index contributed by atoms with van der Waals surface area (Å²) in [4.78, 5) is 19.0. The number of aromatic nitrogens is 1. The van der Waals surface area contributed by atoms with E-state index in [1.54, 1.807) is 9.80 Å². The van der Waals surface area contributed by atoms with E-state index in [0.29, 0.717) is 32.6 Å². The van der Waals surface area contributed by atoms with Crippen LogP contribution in [0.25, 0.3) is 0 Å². The van der Waals surface area contributed by atoms with Crippen LogP contribution >= 0.6 is 0 Å². The molecule has 1 aliphatic rings. The van der Waals surface area contributed by atoms with Crippen LogP contribution in [0.2, 0.25) is 0 Å². The first-order chi connectivity index (χ1) is 10.0. The SMILES string of the molecule is O=C(Nc1ccc(F)cn1)N1CCCN(CC(F)F)CC1. The summed E-state index contributed by atoms with van der Waals surface area (Å²) in [5.74, 6) is -0.222. The fourth-order valence-electron chi connectivity index (χ4n) is 2.19. The second kappa shape index (κ2) is 7.26. The number of halogens is 3. The highest BCUT2D eigenvalue weighted by Gasteiger charge is 2.21. The van der Waals surface area contributed by atoms with Crippen LogP contribution in [0.5, 0.6) is 0 Å². The molecule has 2 rings (SSSR count). The second-order valence-corrected chi connectivity index (χ2v) is 4.82. The van der Waals surface area contributed by atoms with Crippen molar-refractivity contribution in [3.05, 3.63) is 24.1 Å². The Balaban J connectivity index is 1.86. The molecule has 8 heteroatoms. The van der Waals surface area contributed by atoms with Gasteiger partial charge in [-0.2, -0.15) is 0 Å². The van der Waals surface area contributed by atoms with Crippen LogP contribution in [0.4, 0.5) is 23.8 Å². The number of pyridine rings is 1. The number of carbonyl (C=O) groups is 1. The highest BCUT2D eigenvalue weighted by atomic mass is 19.3. The molecule has 1 saturated heterocycles. The van der Waals surface area contributed by atoms with Gasteiger partial charge in [0, 0.05) is 26.2 Å². The lowest BCUT2D eigenvalue weighted by molar-refractivity contribution is 0.0905. The Morgan fingerprint density at radius 1 is 1.29 bits per heavy atom. The van der Waals surface area contributed by atoms with Gasteiger partial charge in [0.25, 0.3) is 6.43 Å². The molecule has 0 aromatic carbocycles. The molecule has 0 spiro atoms. The minimum Gasteiger partial charge on any atom is -0.323 e. The highest BCUT2D eigenvalue weighted by molar-refractivity contribution is 5.88. The van der Waals surface area contributed by atoms with Crippen molar-refractivity contribution >= 4 is 11.8 Å². The number of amides is 2. The van der Waals surface area contributed by atoms with Crippen molar-refractivity contribution in [3.8, 4) is 0 Å². The first-order valence-corrected chi connectivity index (χ1v) is 6.72. The summed E-state index contributed by atoms with van der Waals surface area (Å²) in [6, 6.07) is 2.22. The second-order valence-electron chi connectivity index (χ2n) is 4.82. The summed E-state index contributed by atoms with van der Waals surface area (Å²) in [6.07, 6.45) is -0.715. The fraction of sp³-hybridized carbons (Fsp3) is 0.538. The van der Waals surface area contributed by atoms with Crippen LogP contribution in [0.1, 0.15) is 6.42 Å². The Morgan fingerprint density at radius 2 is 2.10 bits per heavy atom. The zero-order valence-electron chi connectivity index (χ0n) is 11.4. The van der Waals surface area contributed by atoms with E-state index >= 15 is 0 Å². The molecule has 1 aromatic heterocycles. The number of nitrogens with one attached hydrogen (secondary N) is 1. The average Bonchev–Trinajstić information content (AvgIpc) is 2.66. The standard InChI is InChI=1S/C13H17F3N4O/c14-10-2-3-12(17-8-10)18-13(21)20-5-1-4-19(6-7-20)9-11(15)16/h2-3,8,11H,1,4-7,9H2,(H,17,18,21). The van der Waals surface area contributed by atoms with Gasteiger partial charge in [0.1, 0.15) is 11.6 Å². The summed E-state index contributed by atoms with van der Waals surface area (Å²) >= 11 is 0. The summed E-state index contributed by atoms with van der Waals surface area (Å²) in [5, 5.41) is 2.56. The van der Waals surface area contributed by atoms with Crippen LogP contribution < -0.4 is 5.32 Å². The number of carbonyl (C=O) groups excluding carboxylic acids is 1. The summed E-state index contributed by atoms with van der Waals surface area (Å²) in [5.41, 5.74) is 0. The molecular formula is C13H17F3N4O. The smallest absolute Gasteiger partial charge is 0.323 e. The molecular weight excluding hydrogens is 285 g/mol. The van der Waals surface area contributed by atoms with E-state index in [9.17, 15) is 18.0 Å². The van der Waals surface area contributed by atoms with Crippen molar-refractivity contribution in [2.45, 2.75) is 12.8 Å². The number of rotatable bonds is 3. The van der Waals surface area contributed by atoms with Gasteiger partial charge in [-0.3, -0.25) is 10.2 Å². The third-order valence-corrected chi connectivity index (χ3v) is 3.23. The number of alkyl halides is 2. The average molecular weight is 302 g/mol. The molecule has 1 aromatic rings. The number of hydrogen-bond acceptors (Lipinski definition) is 3. The van der Waals surface area contributed by atoms with Gasteiger partial charge in [-0.1, -0.05) is 0 Å². The maximum Gasteiger partial charge on any atom is 0.323 e. The van der Waals surface area contributed by atoms with Crippen molar-refractivity contribution < 1.29 is 18.0 Å². The third-order valence-electron chi connectivity index (χ3n) is 3.23. The normalized spacial score (nSPS) is 16.9. The van der Waals surface area contributed by atoms with E-state index in [-0.39, 0.29) is 18.4 Å². The predicted octanol–water partition coefficient (Wildman–Crippen LogP) is 2.03.